The summed E-state index contributed by atoms with van der Waals surface area (Å²) in [6.07, 6.45) is 0. The van der Waals surface area contributed by atoms with Crippen LogP contribution in [0.25, 0.3) is 0 Å². The summed E-state index contributed by atoms with van der Waals surface area (Å²) in [5, 5.41) is 0. The molecule has 0 bridgehead atoms. The number of ketones is 2. The Bertz CT molecular complexity index is 3150. The smallest absolute Gasteiger partial charge is 0.237 e. The van der Waals surface area contributed by atoms with Crippen molar-refractivity contribution >= 4 is 17.5 Å². The SMILES string of the molecule is CC(=O)C(c1ccc(F)cc1)(c1ccc(F)cc1)c1ccccc1F.CC(=O)C(c1ccccc1)(c1ccc(F)cc1)c1ccc(F)cc1.NC(=O)C(c1ccc(F)cc1)(c1ccc(F)cc1)c1ccc(F)cc1. The average Bonchev–Trinajstić information content (AvgIpc) is 3.39. The van der Waals surface area contributed by atoms with Gasteiger partial charge in [0.25, 0.3) is 0 Å². The van der Waals surface area contributed by atoms with E-state index in [0.29, 0.717) is 38.9 Å². The number of amides is 1. The highest BCUT2D eigenvalue weighted by Gasteiger charge is 2.45. The number of rotatable bonds is 12. The molecule has 2 N–H and O–H groups in total. The lowest BCUT2D eigenvalue weighted by molar-refractivity contribution is -0.121. The van der Waals surface area contributed by atoms with Crippen molar-refractivity contribution in [2.75, 3.05) is 0 Å². The van der Waals surface area contributed by atoms with Gasteiger partial charge in [-0.2, -0.15) is 0 Å². The number of nitrogens with two attached hydrogens (primary N) is 1. The second kappa shape index (κ2) is 22.8. The Morgan fingerprint density at radius 1 is 0.284 bits per heavy atom. The Morgan fingerprint density at radius 3 is 0.743 bits per heavy atom. The third-order valence-corrected chi connectivity index (χ3v) is 12.9. The highest BCUT2D eigenvalue weighted by molar-refractivity contribution is 5.97. The zero-order valence-electron chi connectivity index (χ0n) is 39.7. The van der Waals surface area contributed by atoms with Gasteiger partial charge in [0, 0.05) is 5.56 Å². The Kier molecular flexibility index (Phi) is 16.3. The van der Waals surface area contributed by atoms with Crippen LogP contribution in [-0.2, 0) is 30.6 Å². The molecule has 4 nitrogen and oxygen atoms in total. The third-order valence-electron chi connectivity index (χ3n) is 12.9. The van der Waals surface area contributed by atoms with Crippen molar-refractivity contribution in [1.29, 1.82) is 0 Å². The van der Waals surface area contributed by atoms with E-state index in [1.165, 1.54) is 178 Å². The van der Waals surface area contributed by atoms with Crippen LogP contribution in [0.4, 0.5) is 35.1 Å². The van der Waals surface area contributed by atoms with Crippen molar-refractivity contribution in [2.45, 2.75) is 30.1 Å². The molecular formula is C62H45F8NO3. The van der Waals surface area contributed by atoms with Crippen molar-refractivity contribution < 1.29 is 49.5 Å². The summed E-state index contributed by atoms with van der Waals surface area (Å²) in [6, 6.07) is 53.5. The van der Waals surface area contributed by atoms with Crippen LogP contribution in [0.5, 0.6) is 0 Å². The minimum Gasteiger partial charge on any atom is -0.368 e. The normalized spacial score (nSPS) is 11.3. The molecule has 0 heterocycles. The zero-order valence-corrected chi connectivity index (χ0v) is 39.7. The molecular weight excluding hydrogens is 959 g/mol. The number of carbonyl (C=O) groups is 3. The number of halogens is 8. The van der Waals surface area contributed by atoms with Crippen molar-refractivity contribution in [1.82, 2.24) is 0 Å². The van der Waals surface area contributed by atoms with Crippen LogP contribution in [-0.4, -0.2) is 17.5 Å². The fourth-order valence-corrected chi connectivity index (χ4v) is 9.46. The molecule has 0 atom stereocenters. The number of hydrogen-bond acceptors (Lipinski definition) is 3. The first kappa shape index (κ1) is 53.0. The highest BCUT2D eigenvalue weighted by atomic mass is 19.2. The van der Waals surface area contributed by atoms with E-state index in [1.54, 1.807) is 30.3 Å². The van der Waals surface area contributed by atoms with Crippen molar-refractivity contribution in [3.8, 4) is 0 Å². The van der Waals surface area contributed by atoms with Gasteiger partial charge in [-0.05, 0) is 149 Å². The van der Waals surface area contributed by atoms with Gasteiger partial charge < -0.3 is 5.73 Å². The van der Waals surface area contributed by atoms with Gasteiger partial charge in [0.15, 0.2) is 0 Å². The first-order chi connectivity index (χ1) is 35.4. The van der Waals surface area contributed by atoms with Gasteiger partial charge in [0.2, 0.25) is 5.91 Å². The molecule has 9 aromatic rings. The predicted molar refractivity (Wildman–Crippen MR) is 268 cm³/mol. The van der Waals surface area contributed by atoms with Gasteiger partial charge in [-0.3, -0.25) is 14.4 Å². The maximum Gasteiger partial charge on any atom is 0.237 e. The van der Waals surface area contributed by atoms with Gasteiger partial charge in [-0.15, -0.1) is 0 Å². The lowest BCUT2D eigenvalue weighted by atomic mass is 9.67. The van der Waals surface area contributed by atoms with Crippen molar-refractivity contribution in [3.63, 3.8) is 0 Å². The van der Waals surface area contributed by atoms with E-state index < -0.39 is 57.1 Å². The number of hydrogen-bond donors (Lipinski definition) is 1. The molecule has 9 aromatic carbocycles. The van der Waals surface area contributed by atoms with Crippen LogP contribution in [0.1, 0.15) is 63.9 Å². The van der Waals surface area contributed by atoms with Crippen LogP contribution in [0.15, 0.2) is 224 Å². The maximum absolute atomic E-state index is 14.7. The molecule has 0 aliphatic heterocycles. The van der Waals surface area contributed by atoms with E-state index in [4.69, 9.17) is 5.73 Å². The summed E-state index contributed by atoms with van der Waals surface area (Å²) in [6.45, 7) is 2.85. The standard InChI is InChI=1S/C21H15F3O.C21H16F2O.C20H14F3NO/c1-14(25)21(15-6-10-17(22)11-7-15,16-8-12-18(23)13-9-16)19-4-2-3-5-20(19)24;1-15(24)21(16-5-3-2-4-6-16,17-7-11-19(22)12-8-17)18-9-13-20(23)14-10-18;21-16-7-1-13(2-8-16)20(19(24)25,14-3-9-17(22)10-4-14)15-5-11-18(23)12-6-15/h2-13H,1H3;2-14H,1H3;1-12H,(H2,24,25). The third kappa shape index (κ3) is 10.6. The Morgan fingerprint density at radius 2 is 0.500 bits per heavy atom. The lowest BCUT2D eigenvalue weighted by Gasteiger charge is -2.33. The zero-order chi connectivity index (χ0) is 53.2. The molecule has 9 rings (SSSR count). The van der Waals surface area contributed by atoms with Crippen LogP contribution in [0.3, 0.4) is 0 Å². The second-order valence-corrected chi connectivity index (χ2v) is 17.1. The van der Waals surface area contributed by atoms with Gasteiger partial charge in [-0.1, -0.05) is 133 Å². The first-order valence-electron chi connectivity index (χ1n) is 22.9. The summed E-state index contributed by atoms with van der Waals surface area (Å²) in [5.74, 6) is -4.86. The molecule has 0 spiro atoms. The van der Waals surface area contributed by atoms with Crippen LogP contribution in [0.2, 0.25) is 0 Å². The van der Waals surface area contributed by atoms with Crippen LogP contribution < -0.4 is 5.73 Å². The van der Waals surface area contributed by atoms with Gasteiger partial charge in [-0.25, -0.2) is 35.1 Å². The summed E-state index contributed by atoms with van der Waals surface area (Å²) >= 11 is 0. The molecule has 372 valence electrons. The molecule has 74 heavy (non-hydrogen) atoms. The summed E-state index contributed by atoms with van der Waals surface area (Å²) in [5.41, 5.74) is 5.89. The van der Waals surface area contributed by atoms with Crippen molar-refractivity contribution in [3.05, 3.63) is 321 Å². The van der Waals surface area contributed by atoms with Gasteiger partial charge in [0.1, 0.15) is 74.3 Å². The highest BCUT2D eigenvalue weighted by Crippen LogP contribution is 2.43. The fraction of sp³-hybridized carbons (Fsp3) is 0.0806. The maximum atomic E-state index is 14.7. The van der Waals surface area contributed by atoms with Gasteiger partial charge >= 0.3 is 0 Å². The van der Waals surface area contributed by atoms with E-state index in [0.717, 1.165) is 5.56 Å². The molecule has 0 radical (unpaired) electrons. The first-order valence-corrected chi connectivity index (χ1v) is 22.9. The number of carbonyl (C=O) groups excluding carboxylic acids is 3. The Hall–Kier alpha value is -8.77. The largest absolute Gasteiger partial charge is 0.368 e. The van der Waals surface area contributed by atoms with E-state index in [1.807, 2.05) is 30.3 Å². The van der Waals surface area contributed by atoms with E-state index in [9.17, 15) is 49.5 Å². The second-order valence-electron chi connectivity index (χ2n) is 17.1. The molecule has 0 saturated carbocycles. The predicted octanol–water partition coefficient (Wildman–Crippen LogP) is 13.8. The Labute approximate surface area is 422 Å². The summed E-state index contributed by atoms with van der Waals surface area (Å²) in [7, 11) is 0. The molecule has 0 aromatic heterocycles. The molecule has 0 saturated heterocycles. The minimum absolute atomic E-state index is 0.119. The molecule has 0 unspecified atom stereocenters. The quantitative estimate of drug-likeness (QED) is 0.0978. The van der Waals surface area contributed by atoms with Crippen molar-refractivity contribution in [2.24, 2.45) is 5.73 Å². The molecule has 0 aliphatic rings. The average molecular weight is 1000 g/mol. The molecule has 1 amide bonds. The number of primary amides is 1. The van der Waals surface area contributed by atoms with Crippen LogP contribution in [0, 0.1) is 46.5 Å². The molecule has 12 heteroatoms. The summed E-state index contributed by atoms with van der Waals surface area (Å²) < 4.78 is 108. The summed E-state index contributed by atoms with van der Waals surface area (Å²) in [4.78, 5) is 38.3. The van der Waals surface area contributed by atoms with Gasteiger partial charge in [0.05, 0.1) is 0 Å². The van der Waals surface area contributed by atoms with E-state index in [2.05, 4.69) is 0 Å². The van der Waals surface area contributed by atoms with Crippen LogP contribution >= 0.6 is 0 Å². The molecule has 0 fully saturated rings. The Balaban J connectivity index is 0.000000162. The van der Waals surface area contributed by atoms with E-state index >= 15 is 0 Å². The number of benzene rings is 9. The lowest BCUT2D eigenvalue weighted by Crippen LogP contribution is -2.43. The fourth-order valence-electron chi connectivity index (χ4n) is 9.46. The van der Waals surface area contributed by atoms with E-state index in [-0.39, 0.29) is 28.8 Å². The minimum atomic E-state index is -1.50. The monoisotopic (exact) mass is 1000 g/mol. The number of Topliss-reactive ketones (excluding diaryl/α,β-unsaturated/α-hetero) is 2. The molecule has 0 aliphatic carbocycles. The topological polar surface area (TPSA) is 77.2 Å².